The Morgan fingerprint density at radius 3 is 2.59 bits per heavy atom. The van der Waals surface area contributed by atoms with Crippen LogP contribution in [0.15, 0.2) is 18.2 Å². The van der Waals surface area contributed by atoms with Gasteiger partial charge in [0.25, 0.3) is 10.2 Å². The van der Waals surface area contributed by atoms with Crippen LogP contribution in [0.25, 0.3) is 0 Å². The molecule has 1 aliphatic rings. The highest BCUT2D eigenvalue weighted by Gasteiger charge is 2.15. The van der Waals surface area contributed by atoms with Crippen molar-refractivity contribution in [3.8, 4) is 11.5 Å². The van der Waals surface area contributed by atoms with Gasteiger partial charge in [-0.05, 0) is 26.0 Å². The lowest BCUT2D eigenvalue weighted by molar-refractivity contribution is -0.115. The molecule has 2 rings (SSSR count). The molecule has 0 radical (unpaired) electrons. The molecule has 0 saturated carbocycles. The molecule has 1 aliphatic heterocycles. The van der Waals surface area contributed by atoms with E-state index in [4.69, 9.17) is 9.47 Å². The highest BCUT2D eigenvalue weighted by Crippen LogP contribution is 2.32. The predicted molar refractivity (Wildman–Crippen MR) is 81.3 cm³/mol. The fourth-order valence-electron chi connectivity index (χ4n) is 1.84. The molecule has 1 aromatic rings. The van der Waals surface area contributed by atoms with E-state index in [1.165, 1.54) is 0 Å². The van der Waals surface area contributed by atoms with Crippen LogP contribution in [-0.2, 0) is 15.0 Å². The molecule has 0 bridgehead atoms. The van der Waals surface area contributed by atoms with E-state index in [0.29, 0.717) is 30.4 Å². The minimum absolute atomic E-state index is 0.252. The maximum absolute atomic E-state index is 11.8. The molecule has 0 saturated heterocycles. The highest BCUT2D eigenvalue weighted by atomic mass is 32.2. The van der Waals surface area contributed by atoms with E-state index in [1.54, 1.807) is 32.0 Å². The van der Waals surface area contributed by atoms with Crippen LogP contribution in [0.1, 0.15) is 13.8 Å². The molecule has 3 N–H and O–H groups in total. The van der Waals surface area contributed by atoms with Crippen LogP contribution in [0.3, 0.4) is 0 Å². The first kappa shape index (κ1) is 16.5. The number of nitrogens with one attached hydrogen (secondary N) is 3. The predicted octanol–water partition coefficient (Wildman–Crippen LogP) is 0.229. The van der Waals surface area contributed by atoms with E-state index >= 15 is 0 Å². The van der Waals surface area contributed by atoms with E-state index in [9.17, 15) is 13.2 Å². The summed E-state index contributed by atoms with van der Waals surface area (Å²) in [4.78, 5) is 11.8. The minimum atomic E-state index is -3.69. The third kappa shape index (κ3) is 4.86. The van der Waals surface area contributed by atoms with Gasteiger partial charge in [-0.2, -0.15) is 17.9 Å². The molecule has 0 fully saturated rings. The Balaban J connectivity index is 1.90. The van der Waals surface area contributed by atoms with Gasteiger partial charge in [0.05, 0.1) is 6.54 Å². The molecule has 1 amide bonds. The Kier molecular flexibility index (Phi) is 5.22. The maximum Gasteiger partial charge on any atom is 0.277 e. The van der Waals surface area contributed by atoms with Gasteiger partial charge in [-0.1, -0.05) is 0 Å². The third-order valence-corrected chi connectivity index (χ3v) is 3.95. The van der Waals surface area contributed by atoms with Crippen LogP contribution in [0.2, 0.25) is 0 Å². The molecule has 0 atom stereocenters. The van der Waals surface area contributed by atoms with Crippen molar-refractivity contribution >= 4 is 21.8 Å². The second kappa shape index (κ2) is 6.95. The van der Waals surface area contributed by atoms with Gasteiger partial charge in [-0.15, -0.1) is 0 Å². The Hall–Kier alpha value is -1.84. The Bertz CT molecular complexity index is 645. The summed E-state index contributed by atoms with van der Waals surface area (Å²) in [5.41, 5.74) is 0.505. The number of ether oxygens (including phenoxy) is 2. The van der Waals surface area contributed by atoms with Gasteiger partial charge in [0.1, 0.15) is 13.2 Å². The van der Waals surface area contributed by atoms with Crippen LogP contribution in [0.4, 0.5) is 5.69 Å². The number of anilines is 1. The van der Waals surface area contributed by atoms with Crippen molar-refractivity contribution < 1.29 is 22.7 Å². The van der Waals surface area contributed by atoms with Gasteiger partial charge in [0.2, 0.25) is 5.91 Å². The first-order chi connectivity index (χ1) is 10.4. The van der Waals surface area contributed by atoms with Gasteiger partial charge in [-0.25, -0.2) is 0 Å². The van der Waals surface area contributed by atoms with Gasteiger partial charge in [-0.3, -0.25) is 4.79 Å². The van der Waals surface area contributed by atoms with Crippen LogP contribution in [0.5, 0.6) is 11.5 Å². The van der Waals surface area contributed by atoms with E-state index in [1.807, 2.05) is 0 Å². The van der Waals surface area contributed by atoms with Gasteiger partial charge in [0, 0.05) is 17.8 Å². The van der Waals surface area contributed by atoms with Crippen molar-refractivity contribution in [2.24, 2.45) is 0 Å². The number of carbonyl (C=O) groups excluding carboxylic acids is 1. The molecule has 8 nitrogen and oxygen atoms in total. The summed E-state index contributed by atoms with van der Waals surface area (Å²) in [5, 5.41) is 2.59. The minimum Gasteiger partial charge on any atom is -0.486 e. The summed E-state index contributed by atoms with van der Waals surface area (Å²) < 4.78 is 38.4. The summed E-state index contributed by atoms with van der Waals surface area (Å²) in [6.07, 6.45) is 0. The Morgan fingerprint density at radius 1 is 1.23 bits per heavy atom. The lowest BCUT2D eigenvalue weighted by Gasteiger charge is -2.19. The molecule has 0 unspecified atom stereocenters. The van der Waals surface area contributed by atoms with Crippen molar-refractivity contribution in [3.63, 3.8) is 0 Å². The number of carbonyl (C=O) groups is 1. The summed E-state index contributed by atoms with van der Waals surface area (Å²) >= 11 is 0. The summed E-state index contributed by atoms with van der Waals surface area (Å²) in [5.74, 6) is 0.683. The largest absolute Gasteiger partial charge is 0.486 e. The van der Waals surface area contributed by atoms with E-state index in [0.717, 1.165) is 0 Å². The first-order valence-corrected chi connectivity index (χ1v) is 8.30. The average Bonchev–Trinajstić information content (AvgIpc) is 2.44. The van der Waals surface area contributed by atoms with Gasteiger partial charge < -0.3 is 14.8 Å². The zero-order chi connectivity index (χ0) is 16.2. The quantitative estimate of drug-likeness (QED) is 0.693. The molecule has 1 heterocycles. The molecule has 0 aliphatic carbocycles. The van der Waals surface area contributed by atoms with Crippen molar-refractivity contribution in [3.05, 3.63) is 18.2 Å². The van der Waals surface area contributed by atoms with Crippen LogP contribution in [-0.4, -0.2) is 40.1 Å². The number of rotatable bonds is 6. The van der Waals surface area contributed by atoms with E-state index < -0.39 is 16.1 Å². The van der Waals surface area contributed by atoms with Crippen molar-refractivity contribution in [2.75, 3.05) is 25.1 Å². The second-order valence-corrected chi connectivity index (χ2v) is 6.53. The summed E-state index contributed by atoms with van der Waals surface area (Å²) in [6, 6.07) is 4.73. The zero-order valence-corrected chi connectivity index (χ0v) is 13.2. The molecular formula is C13H19N3O5S. The third-order valence-electron chi connectivity index (χ3n) is 2.64. The van der Waals surface area contributed by atoms with Crippen molar-refractivity contribution in [2.45, 2.75) is 19.9 Å². The summed E-state index contributed by atoms with van der Waals surface area (Å²) in [6.45, 7) is 3.95. The number of amides is 1. The molecule has 0 aromatic heterocycles. The lowest BCUT2D eigenvalue weighted by Crippen LogP contribution is -2.43. The van der Waals surface area contributed by atoms with E-state index in [2.05, 4.69) is 14.8 Å². The highest BCUT2D eigenvalue weighted by molar-refractivity contribution is 7.87. The summed E-state index contributed by atoms with van der Waals surface area (Å²) in [7, 11) is -3.69. The fraction of sp³-hybridized carbons (Fsp3) is 0.462. The molecule has 122 valence electrons. The average molecular weight is 329 g/mol. The molecule has 22 heavy (non-hydrogen) atoms. The monoisotopic (exact) mass is 329 g/mol. The lowest BCUT2D eigenvalue weighted by atomic mass is 10.2. The molecule has 0 spiro atoms. The first-order valence-electron chi connectivity index (χ1n) is 6.82. The molecule has 1 aromatic carbocycles. The Morgan fingerprint density at radius 2 is 1.91 bits per heavy atom. The standard InChI is InChI=1S/C13H19N3O5S/c1-9(2)16-22(18,19)14-8-13(17)15-10-3-4-11-12(7-10)21-6-5-20-11/h3-4,7,9,14,16H,5-6,8H2,1-2H3,(H,15,17). The van der Waals surface area contributed by atoms with Crippen LogP contribution in [0, 0.1) is 0 Å². The number of fused-ring (bicyclic) bond motifs is 1. The number of hydrogen-bond acceptors (Lipinski definition) is 5. The van der Waals surface area contributed by atoms with E-state index in [-0.39, 0.29) is 12.6 Å². The maximum atomic E-state index is 11.8. The number of hydrogen-bond donors (Lipinski definition) is 3. The molecule has 9 heteroatoms. The van der Waals surface area contributed by atoms with Crippen LogP contribution < -0.4 is 24.2 Å². The smallest absolute Gasteiger partial charge is 0.277 e. The van der Waals surface area contributed by atoms with Crippen molar-refractivity contribution in [1.29, 1.82) is 0 Å². The van der Waals surface area contributed by atoms with Gasteiger partial charge >= 0.3 is 0 Å². The topological polar surface area (TPSA) is 106 Å². The SMILES string of the molecule is CC(C)NS(=O)(=O)NCC(=O)Nc1ccc2c(c1)OCCO2. The fourth-order valence-corrected chi connectivity index (χ4v) is 2.86. The molecular weight excluding hydrogens is 310 g/mol. The van der Waals surface area contributed by atoms with Gasteiger partial charge in [0.15, 0.2) is 11.5 Å². The van der Waals surface area contributed by atoms with Crippen LogP contribution >= 0.6 is 0 Å². The second-order valence-electron chi connectivity index (χ2n) is 5.00. The Labute approximate surface area is 129 Å². The zero-order valence-electron chi connectivity index (χ0n) is 12.4. The van der Waals surface area contributed by atoms with Crippen molar-refractivity contribution in [1.82, 2.24) is 9.44 Å². The number of benzene rings is 1. The normalized spacial score (nSPS) is 14.0.